The molecule has 0 saturated carbocycles. The fourth-order valence-electron chi connectivity index (χ4n) is 1.56. The fraction of sp³-hybridized carbons (Fsp3) is 0.333. The summed E-state index contributed by atoms with van der Waals surface area (Å²) in [5.74, 6) is 0.616. The van der Waals surface area contributed by atoms with Crippen LogP contribution in [-0.2, 0) is 0 Å². The smallest absolute Gasteiger partial charge is 0.119 e. The third-order valence-electron chi connectivity index (χ3n) is 2.51. The predicted octanol–water partition coefficient (Wildman–Crippen LogP) is 4.33. The van der Waals surface area contributed by atoms with E-state index in [0.717, 1.165) is 11.1 Å². The Labute approximate surface area is 98.1 Å². The quantitative estimate of drug-likeness (QED) is 0.746. The fourth-order valence-corrected chi connectivity index (χ4v) is 1.56. The summed E-state index contributed by atoms with van der Waals surface area (Å²) in [4.78, 5) is 0. The van der Waals surface area contributed by atoms with Crippen LogP contribution in [0.2, 0.25) is 0 Å². The molecule has 0 radical (unpaired) electrons. The second-order valence-electron chi connectivity index (χ2n) is 4.48. The molecule has 86 valence electrons. The van der Waals surface area contributed by atoms with Crippen molar-refractivity contribution in [3.05, 3.63) is 53.1 Å². The number of allylic oxidation sites excluding steroid dienone is 4. The van der Waals surface area contributed by atoms with Crippen LogP contribution >= 0.6 is 0 Å². The number of phenolic OH excluding ortho intramolecular Hbond substituents is 1. The molecule has 0 aliphatic carbocycles. The topological polar surface area (TPSA) is 20.2 Å². The van der Waals surface area contributed by atoms with E-state index < -0.39 is 0 Å². The standard InChI is InChI=1S/C15H20O/c1-11(2)6-5-7-13(4)14-9-8-12(3)10-15(14)16/h5-10,13,16H,1-4H3/b7-5+/t13-/m1/s1. The Bertz CT molecular complexity index is 409. The molecule has 1 nitrogen and oxygen atoms in total. The molecule has 1 rings (SSSR count). The van der Waals surface area contributed by atoms with Crippen molar-refractivity contribution in [2.24, 2.45) is 0 Å². The van der Waals surface area contributed by atoms with Crippen molar-refractivity contribution in [2.45, 2.75) is 33.6 Å². The highest BCUT2D eigenvalue weighted by Crippen LogP contribution is 2.27. The van der Waals surface area contributed by atoms with Crippen LogP contribution in [0.25, 0.3) is 0 Å². The van der Waals surface area contributed by atoms with Gasteiger partial charge in [-0.25, -0.2) is 0 Å². The lowest BCUT2D eigenvalue weighted by atomic mass is 9.98. The molecule has 1 heteroatoms. The molecule has 0 aliphatic heterocycles. The summed E-state index contributed by atoms with van der Waals surface area (Å²) in [6, 6.07) is 5.82. The van der Waals surface area contributed by atoms with Gasteiger partial charge in [-0.15, -0.1) is 0 Å². The Morgan fingerprint density at radius 3 is 2.56 bits per heavy atom. The summed E-state index contributed by atoms with van der Waals surface area (Å²) in [5.41, 5.74) is 3.34. The lowest BCUT2D eigenvalue weighted by Crippen LogP contribution is -1.90. The number of aromatic hydroxyl groups is 1. The lowest BCUT2D eigenvalue weighted by molar-refractivity contribution is 0.466. The Morgan fingerprint density at radius 1 is 1.31 bits per heavy atom. The minimum absolute atomic E-state index is 0.233. The zero-order chi connectivity index (χ0) is 12.1. The first-order chi connectivity index (χ1) is 7.50. The molecular formula is C15H20O. The number of benzene rings is 1. The molecule has 0 aliphatic rings. The van der Waals surface area contributed by atoms with E-state index in [0.29, 0.717) is 5.75 Å². The van der Waals surface area contributed by atoms with Gasteiger partial charge in [0.1, 0.15) is 5.75 Å². The summed E-state index contributed by atoms with van der Waals surface area (Å²) in [7, 11) is 0. The van der Waals surface area contributed by atoms with Gasteiger partial charge in [-0.2, -0.15) is 0 Å². The van der Waals surface area contributed by atoms with Crippen LogP contribution in [0.15, 0.2) is 42.0 Å². The lowest BCUT2D eigenvalue weighted by Gasteiger charge is -2.09. The van der Waals surface area contributed by atoms with Gasteiger partial charge in [-0.1, -0.05) is 42.9 Å². The molecule has 16 heavy (non-hydrogen) atoms. The summed E-state index contributed by atoms with van der Waals surface area (Å²) in [5, 5.41) is 9.82. The molecule has 0 amide bonds. The van der Waals surface area contributed by atoms with E-state index in [4.69, 9.17) is 0 Å². The van der Waals surface area contributed by atoms with Crippen LogP contribution in [0.3, 0.4) is 0 Å². The average Bonchev–Trinajstić information content (AvgIpc) is 2.16. The summed E-state index contributed by atoms with van der Waals surface area (Å²) < 4.78 is 0. The maximum Gasteiger partial charge on any atom is 0.119 e. The van der Waals surface area contributed by atoms with Gasteiger partial charge in [0.05, 0.1) is 0 Å². The summed E-state index contributed by atoms with van der Waals surface area (Å²) in [6.07, 6.45) is 6.21. The number of aryl methyl sites for hydroxylation is 1. The first kappa shape index (κ1) is 12.6. The van der Waals surface area contributed by atoms with Crippen LogP contribution < -0.4 is 0 Å². The SMILES string of the molecule is CC(C)=C/C=C/[C@@H](C)c1ccc(C)cc1O. The Hall–Kier alpha value is -1.50. The van der Waals surface area contributed by atoms with E-state index in [2.05, 4.69) is 32.9 Å². The molecule has 0 saturated heterocycles. The minimum Gasteiger partial charge on any atom is -0.508 e. The van der Waals surface area contributed by atoms with Crippen molar-refractivity contribution < 1.29 is 5.11 Å². The molecule has 0 bridgehead atoms. The first-order valence-corrected chi connectivity index (χ1v) is 5.62. The van der Waals surface area contributed by atoms with Gasteiger partial charge in [0.25, 0.3) is 0 Å². The van der Waals surface area contributed by atoms with Crippen molar-refractivity contribution in [2.75, 3.05) is 0 Å². The Kier molecular flexibility index (Phi) is 4.36. The molecule has 0 aromatic heterocycles. The first-order valence-electron chi connectivity index (χ1n) is 5.62. The van der Waals surface area contributed by atoms with Crippen molar-refractivity contribution in [3.8, 4) is 5.75 Å². The summed E-state index contributed by atoms with van der Waals surface area (Å²) in [6.45, 7) is 8.20. The zero-order valence-corrected chi connectivity index (χ0v) is 10.5. The number of hydrogen-bond donors (Lipinski definition) is 1. The molecule has 1 aromatic carbocycles. The van der Waals surface area contributed by atoms with Gasteiger partial charge in [-0.3, -0.25) is 0 Å². The van der Waals surface area contributed by atoms with Gasteiger partial charge in [0.2, 0.25) is 0 Å². The molecular weight excluding hydrogens is 196 g/mol. The predicted molar refractivity (Wildman–Crippen MR) is 69.8 cm³/mol. The highest BCUT2D eigenvalue weighted by Gasteiger charge is 2.06. The zero-order valence-electron chi connectivity index (χ0n) is 10.5. The molecule has 0 spiro atoms. The second kappa shape index (κ2) is 5.55. The van der Waals surface area contributed by atoms with Crippen LogP contribution in [0, 0.1) is 6.92 Å². The van der Waals surface area contributed by atoms with Crippen LogP contribution in [-0.4, -0.2) is 5.11 Å². The number of rotatable bonds is 3. The third kappa shape index (κ3) is 3.58. The van der Waals surface area contributed by atoms with E-state index in [-0.39, 0.29) is 5.92 Å². The second-order valence-corrected chi connectivity index (χ2v) is 4.48. The van der Waals surface area contributed by atoms with Crippen LogP contribution in [0.4, 0.5) is 0 Å². The highest BCUT2D eigenvalue weighted by molar-refractivity contribution is 5.40. The molecule has 1 N–H and O–H groups in total. The van der Waals surface area contributed by atoms with E-state index in [9.17, 15) is 5.11 Å². The van der Waals surface area contributed by atoms with E-state index in [1.54, 1.807) is 6.07 Å². The maximum absolute atomic E-state index is 9.82. The van der Waals surface area contributed by atoms with Gasteiger partial charge >= 0.3 is 0 Å². The molecule has 0 unspecified atom stereocenters. The van der Waals surface area contributed by atoms with Gasteiger partial charge in [0.15, 0.2) is 0 Å². The Balaban J connectivity index is 2.84. The molecule has 1 atom stereocenters. The van der Waals surface area contributed by atoms with Crippen molar-refractivity contribution in [1.29, 1.82) is 0 Å². The largest absolute Gasteiger partial charge is 0.508 e. The number of hydrogen-bond acceptors (Lipinski definition) is 1. The van der Waals surface area contributed by atoms with Gasteiger partial charge in [-0.05, 0) is 32.4 Å². The van der Waals surface area contributed by atoms with E-state index >= 15 is 0 Å². The maximum atomic E-state index is 9.82. The van der Waals surface area contributed by atoms with Crippen molar-refractivity contribution in [3.63, 3.8) is 0 Å². The van der Waals surface area contributed by atoms with Gasteiger partial charge < -0.3 is 5.11 Å². The highest BCUT2D eigenvalue weighted by atomic mass is 16.3. The normalized spacial score (nSPS) is 12.8. The average molecular weight is 216 g/mol. The van der Waals surface area contributed by atoms with E-state index in [1.165, 1.54) is 5.57 Å². The van der Waals surface area contributed by atoms with Gasteiger partial charge in [0, 0.05) is 11.5 Å². The monoisotopic (exact) mass is 216 g/mol. The van der Waals surface area contributed by atoms with Crippen molar-refractivity contribution in [1.82, 2.24) is 0 Å². The van der Waals surface area contributed by atoms with E-state index in [1.807, 2.05) is 25.1 Å². The van der Waals surface area contributed by atoms with Crippen molar-refractivity contribution >= 4 is 0 Å². The number of phenols is 1. The Morgan fingerprint density at radius 2 is 2.00 bits per heavy atom. The summed E-state index contributed by atoms with van der Waals surface area (Å²) >= 11 is 0. The molecule has 0 fully saturated rings. The third-order valence-corrected chi connectivity index (χ3v) is 2.51. The molecule has 1 aromatic rings. The van der Waals surface area contributed by atoms with Crippen LogP contribution in [0.1, 0.15) is 37.8 Å². The minimum atomic E-state index is 0.233. The molecule has 0 heterocycles. The van der Waals surface area contributed by atoms with Crippen LogP contribution in [0.5, 0.6) is 5.75 Å².